The lowest BCUT2D eigenvalue weighted by atomic mass is 9.75. The van der Waals surface area contributed by atoms with Crippen molar-refractivity contribution in [3.8, 4) is 0 Å². The number of benzene rings is 2. The zero-order chi connectivity index (χ0) is 29.8. The molecule has 230 valence electrons. The number of nitrogens with one attached hydrogen (secondary N) is 2. The fraction of sp³-hybridized carbons (Fsp3) is 0.545. The Balaban J connectivity index is 1.11. The summed E-state index contributed by atoms with van der Waals surface area (Å²) in [6, 6.07) is 16.8. The minimum atomic E-state index is -0.875. The Labute approximate surface area is 253 Å². The molecule has 1 unspecified atom stereocenters. The van der Waals surface area contributed by atoms with Gasteiger partial charge in [0.1, 0.15) is 0 Å². The Bertz CT molecular complexity index is 1270. The van der Waals surface area contributed by atoms with Gasteiger partial charge in [0, 0.05) is 30.9 Å². The van der Waals surface area contributed by atoms with Gasteiger partial charge >= 0.3 is 12.2 Å². The highest BCUT2D eigenvalue weighted by molar-refractivity contribution is 5.95. The number of hydrogen-bond donors (Lipinski definition) is 3. The molecule has 10 heteroatoms. The Hall–Kier alpha value is -3.63. The zero-order valence-corrected chi connectivity index (χ0v) is 24.7. The fourth-order valence-corrected chi connectivity index (χ4v) is 7.64. The van der Waals surface area contributed by atoms with E-state index in [2.05, 4.69) is 15.5 Å². The topological polar surface area (TPSA) is 114 Å². The lowest BCUT2D eigenvalue weighted by molar-refractivity contribution is -0.0573. The predicted molar refractivity (Wildman–Crippen MR) is 163 cm³/mol. The van der Waals surface area contributed by atoms with Crippen molar-refractivity contribution in [2.75, 3.05) is 57.7 Å². The standard InChI is InChI=1S/C33H43N5O5/c39-30(26-6-8-28(9-7-26)35-31(40)43-23-24-10-16-34-17-11-24)37-20-14-33(15-21-37,27-4-2-1-3-5-27)38(32(41)42)29-22-36-18-12-25(29)13-19-36/h1-9,24-25,29,34H,10-23H2,(H,35,40)(H,41,42). The maximum Gasteiger partial charge on any atom is 0.411 e. The summed E-state index contributed by atoms with van der Waals surface area (Å²) in [5.41, 5.74) is 1.43. The first-order valence-electron chi connectivity index (χ1n) is 15.8. The van der Waals surface area contributed by atoms with Crippen LogP contribution in [0.3, 0.4) is 0 Å². The number of carbonyl (C=O) groups is 3. The number of fused-ring (bicyclic) bond motifs is 3. The monoisotopic (exact) mass is 589 g/mol. The first-order chi connectivity index (χ1) is 20.9. The molecule has 0 saturated carbocycles. The van der Waals surface area contributed by atoms with Gasteiger partial charge in [-0.15, -0.1) is 0 Å². The maximum atomic E-state index is 13.5. The van der Waals surface area contributed by atoms with E-state index in [1.165, 1.54) is 0 Å². The van der Waals surface area contributed by atoms with Crippen molar-refractivity contribution in [2.24, 2.45) is 11.8 Å². The van der Waals surface area contributed by atoms with E-state index in [-0.39, 0.29) is 11.9 Å². The maximum absolute atomic E-state index is 13.5. The molecule has 0 spiro atoms. The van der Waals surface area contributed by atoms with Crippen LogP contribution in [0.1, 0.15) is 54.4 Å². The molecule has 2 aromatic rings. The summed E-state index contributed by atoms with van der Waals surface area (Å²) >= 11 is 0. The van der Waals surface area contributed by atoms with Crippen molar-refractivity contribution in [1.82, 2.24) is 20.0 Å². The molecule has 0 aromatic heterocycles. The van der Waals surface area contributed by atoms with E-state index in [1.54, 1.807) is 29.2 Å². The molecular formula is C33H43N5O5. The lowest BCUT2D eigenvalue weighted by Gasteiger charge is -2.56. The second-order valence-corrected chi connectivity index (χ2v) is 12.5. The van der Waals surface area contributed by atoms with Crippen LogP contribution < -0.4 is 10.6 Å². The van der Waals surface area contributed by atoms with Crippen LogP contribution in [0.5, 0.6) is 0 Å². The summed E-state index contributed by atoms with van der Waals surface area (Å²) in [5, 5.41) is 16.7. The number of nitrogens with zero attached hydrogens (tertiary/aromatic N) is 3. The Morgan fingerprint density at radius 1 is 0.930 bits per heavy atom. The van der Waals surface area contributed by atoms with E-state index in [0.717, 1.165) is 64.0 Å². The van der Waals surface area contributed by atoms with E-state index < -0.39 is 17.7 Å². The number of piperidine rings is 5. The van der Waals surface area contributed by atoms with Crippen LogP contribution >= 0.6 is 0 Å². The molecule has 5 saturated heterocycles. The number of anilines is 1. The molecule has 5 fully saturated rings. The van der Waals surface area contributed by atoms with Gasteiger partial charge < -0.3 is 25.0 Å². The van der Waals surface area contributed by atoms with Gasteiger partial charge in [0.05, 0.1) is 18.2 Å². The summed E-state index contributed by atoms with van der Waals surface area (Å²) in [6.45, 7) is 6.10. The number of amides is 3. The zero-order valence-electron chi connectivity index (χ0n) is 24.7. The van der Waals surface area contributed by atoms with Crippen molar-refractivity contribution in [2.45, 2.75) is 50.1 Å². The number of hydrogen-bond acceptors (Lipinski definition) is 6. The quantitative estimate of drug-likeness (QED) is 0.438. The Morgan fingerprint density at radius 3 is 2.21 bits per heavy atom. The molecule has 2 bridgehead atoms. The van der Waals surface area contributed by atoms with Gasteiger partial charge in [0.25, 0.3) is 5.91 Å². The molecule has 7 rings (SSSR count). The SMILES string of the molecule is O=C(Nc1ccc(C(=O)N2CCC(c3ccccc3)(N(C(=O)O)C3CN4CCC3CC4)CC2)cc1)OCC1CCNCC1. The third-order valence-corrected chi connectivity index (χ3v) is 10.1. The fourth-order valence-electron chi connectivity index (χ4n) is 7.64. The van der Waals surface area contributed by atoms with E-state index in [0.29, 0.717) is 55.6 Å². The molecule has 3 N–H and O–H groups in total. The highest BCUT2D eigenvalue weighted by Gasteiger charge is 2.51. The highest BCUT2D eigenvalue weighted by atomic mass is 16.5. The smallest absolute Gasteiger partial charge is 0.411 e. The van der Waals surface area contributed by atoms with Gasteiger partial charge in [-0.1, -0.05) is 30.3 Å². The molecule has 5 aliphatic heterocycles. The normalized spacial score (nSPS) is 25.1. The van der Waals surface area contributed by atoms with Crippen LogP contribution in [0.25, 0.3) is 0 Å². The molecule has 3 amide bonds. The number of carboxylic acid groups (broad SMARTS) is 1. The van der Waals surface area contributed by atoms with Crippen LogP contribution in [0.15, 0.2) is 54.6 Å². The average molecular weight is 590 g/mol. The van der Waals surface area contributed by atoms with Crippen LogP contribution in [0.2, 0.25) is 0 Å². The van der Waals surface area contributed by atoms with Crippen molar-refractivity contribution in [1.29, 1.82) is 0 Å². The Kier molecular flexibility index (Phi) is 8.85. The van der Waals surface area contributed by atoms with Crippen LogP contribution in [0, 0.1) is 11.8 Å². The first-order valence-corrected chi connectivity index (χ1v) is 15.8. The molecule has 43 heavy (non-hydrogen) atoms. The van der Waals surface area contributed by atoms with Crippen molar-refractivity contribution >= 4 is 23.8 Å². The molecule has 2 aromatic carbocycles. The van der Waals surface area contributed by atoms with Gasteiger partial charge in [-0.2, -0.15) is 0 Å². The van der Waals surface area contributed by atoms with E-state index in [1.807, 2.05) is 35.2 Å². The molecular weight excluding hydrogens is 546 g/mol. The lowest BCUT2D eigenvalue weighted by Crippen LogP contribution is -2.65. The van der Waals surface area contributed by atoms with Gasteiger partial charge in [-0.25, -0.2) is 9.59 Å². The number of rotatable bonds is 7. The number of carbonyl (C=O) groups excluding carboxylic acids is 2. The van der Waals surface area contributed by atoms with Crippen LogP contribution in [-0.4, -0.2) is 96.4 Å². The molecule has 0 aliphatic carbocycles. The Morgan fingerprint density at radius 2 is 1.60 bits per heavy atom. The van der Waals surface area contributed by atoms with E-state index in [9.17, 15) is 19.5 Å². The van der Waals surface area contributed by atoms with Gasteiger partial charge in [0.15, 0.2) is 0 Å². The van der Waals surface area contributed by atoms with Crippen molar-refractivity contribution in [3.05, 3.63) is 65.7 Å². The van der Waals surface area contributed by atoms with Gasteiger partial charge in [-0.05, 0) is 106 Å². The van der Waals surface area contributed by atoms with E-state index in [4.69, 9.17) is 4.74 Å². The largest absolute Gasteiger partial charge is 0.465 e. The second kappa shape index (κ2) is 12.9. The van der Waals surface area contributed by atoms with Crippen LogP contribution in [-0.2, 0) is 10.3 Å². The summed E-state index contributed by atoms with van der Waals surface area (Å²) in [5.74, 6) is 0.664. The van der Waals surface area contributed by atoms with Crippen molar-refractivity contribution < 1.29 is 24.2 Å². The summed E-state index contributed by atoms with van der Waals surface area (Å²) in [6.07, 6.45) is 3.79. The summed E-state index contributed by atoms with van der Waals surface area (Å²) in [7, 11) is 0. The molecule has 0 radical (unpaired) electrons. The van der Waals surface area contributed by atoms with Crippen molar-refractivity contribution in [3.63, 3.8) is 0 Å². The van der Waals surface area contributed by atoms with Crippen LogP contribution in [0.4, 0.5) is 15.3 Å². The summed E-state index contributed by atoms with van der Waals surface area (Å²) < 4.78 is 5.41. The first kappa shape index (κ1) is 29.4. The van der Waals surface area contributed by atoms with Gasteiger partial charge in [-0.3, -0.25) is 15.0 Å². The minimum Gasteiger partial charge on any atom is -0.465 e. The molecule has 5 aliphatic rings. The third kappa shape index (κ3) is 6.35. The van der Waals surface area contributed by atoms with Gasteiger partial charge in [0.2, 0.25) is 0 Å². The average Bonchev–Trinajstić information content (AvgIpc) is 3.05. The molecule has 1 atom stereocenters. The summed E-state index contributed by atoms with van der Waals surface area (Å²) in [4.78, 5) is 44.8. The third-order valence-electron chi connectivity index (χ3n) is 10.1. The second-order valence-electron chi connectivity index (χ2n) is 12.5. The molecule has 10 nitrogen and oxygen atoms in total. The molecule has 5 heterocycles. The number of likely N-dealkylation sites (tertiary alicyclic amines) is 1. The highest BCUT2D eigenvalue weighted by Crippen LogP contribution is 2.44. The number of ether oxygens (including phenoxy) is 1. The predicted octanol–water partition coefficient (Wildman–Crippen LogP) is 4.44. The minimum absolute atomic E-state index is 0.0473. The van der Waals surface area contributed by atoms with E-state index >= 15 is 0 Å².